The highest BCUT2D eigenvalue weighted by atomic mass is 32.2. The lowest BCUT2D eigenvalue weighted by Crippen LogP contribution is -2.37. The molecule has 24 heavy (non-hydrogen) atoms. The lowest BCUT2D eigenvalue weighted by atomic mass is 9.95. The number of methoxy groups -OCH3 is 1. The first kappa shape index (κ1) is 16.7. The van der Waals surface area contributed by atoms with Crippen LogP contribution in [-0.2, 0) is 17.8 Å². The van der Waals surface area contributed by atoms with E-state index in [1.807, 2.05) is 36.6 Å². The van der Waals surface area contributed by atoms with Gasteiger partial charge in [0.05, 0.1) is 13.0 Å². The molecule has 1 unspecified atom stereocenters. The SMILES string of the molecule is COc1cccc2c1OCC(C(=O)NCc1cccc(SC)c1)C2. The minimum atomic E-state index is -0.173. The van der Waals surface area contributed by atoms with E-state index in [2.05, 4.69) is 17.4 Å². The first-order valence-corrected chi connectivity index (χ1v) is 9.13. The third-order valence-electron chi connectivity index (χ3n) is 4.15. The van der Waals surface area contributed by atoms with Gasteiger partial charge in [0.25, 0.3) is 0 Å². The molecule has 1 heterocycles. The van der Waals surface area contributed by atoms with Crippen LogP contribution in [-0.4, -0.2) is 25.9 Å². The monoisotopic (exact) mass is 343 g/mol. The topological polar surface area (TPSA) is 47.6 Å². The van der Waals surface area contributed by atoms with Crippen molar-refractivity contribution in [3.63, 3.8) is 0 Å². The first-order chi connectivity index (χ1) is 11.7. The van der Waals surface area contributed by atoms with Crippen molar-refractivity contribution in [2.24, 2.45) is 5.92 Å². The van der Waals surface area contributed by atoms with Gasteiger partial charge in [-0.1, -0.05) is 24.3 Å². The predicted molar refractivity (Wildman–Crippen MR) is 95.8 cm³/mol. The Kier molecular flexibility index (Phi) is 5.30. The van der Waals surface area contributed by atoms with Crippen LogP contribution in [0.1, 0.15) is 11.1 Å². The molecule has 1 aliphatic rings. The number of amides is 1. The number of ether oxygens (including phenoxy) is 2. The number of rotatable bonds is 5. The van der Waals surface area contributed by atoms with Crippen LogP contribution in [0.2, 0.25) is 0 Å². The van der Waals surface area contributed by atoms with Crippen LogP contribution in [0.4, 0.5) is 0 Å². The summed E-state index contributed by atoms with van der Waals surface area (Å²) in [7, 11) is 1.63. The average molecular weight is 343 g/mol. The Hall–Kier alpha value is -2.14. The molecule has 1 amide bonds. The van der Waals surface area contributed by atoms with Gasteiger partial charge in [0.2, 0.25) is 5.91 Å². The number of hydrogen-bond donors (Lipinski definition) is 1. The van der Waals surface area contributed by atoms with Crippen molar-refractivity contribution in [2.45, 2.75) is 17.9 Å². The van der Waals surface area contributed by atoms with Gasteiger partial charge in [-0.2, -0.15) is 0 Å². The van der Waals surface area contributed by atoms with Gasteiger partial charge in [0, 0.05) is 11.4 Å². The van der Waals surface area contributed by atoms with Crippen LogP contribution >= 0.6 is 11.8 Å². The van der Waals surface area contributed by atoms with Gasteiger partial charge in [-0.15, -0.1) is 11.8 Å². The van der Waals surface area contributed by atoms with Gasteiger partial charge in [-0.05, 0) is 42.0 Å². The Labute approximate surface area is 146 Å². The highest BCUT2D eigenvalue weighted by Gasteiger charge is 2.27. The maximum absolute atomic E-state index is 12.5. The molecule has 4 nitrogen and oxygen atoms in total. The maximum atomic E-state index is 12.5. The largest absolute Gasteiger partial charge is 0.493 e. The Morgan fingerprint density at radius 3 is 2.96 bits per heavy atom. The molecule has 2 aromatic rings. The molecule has 0 saturated carbocycles. The predicted octanol–water partition coefficient (Wildman–Crippen LogP) is 3.28. The summed E-state index contributed by atoms with van der Waals surface area (Å²) in [5, 5.41) is 3.02. The number of hydrogen-bond acceptors (Lipinski definition) is 4. The molecule has 5 heteroatoms. The van der Waals surface area contributed by atoms with Crippen LogP contribution in [0.15, 0.2) is 47.4 Å². The summed E-state index contributed by atoms with van der Waals surface area (Å²) in [6.45, 7) is 0.915. The van der Waals surface area contributed by atoms with Crippen molar-refractivity contribution in [3.05, 3.63) is 53.6 Å². The fourth-order valence-corrected chi connectivity index (χ4v) is 3.32. The van der Waals surface area contributed by atoms with Crippen molar-refractivity contribution < 1.29 is 14.3 Å². The van der Waals surface area contributed by atoms with Crippen molar-refractivity contribution >= 4 is 17.7 Å². The molecular formula is C19H21NO3S. The van der Waals surface area contributed by atoms with Gasteiger partial charge < -0.3 is 14.8 Å². The van der Waals surface area contributed by atoms with E-state index in [1.165, 1.54) is 4.90 Å². The van der Waals surface area contributed by atoms with Crippen LogP contribution in [0.3, 0.4) is 0 Å². The van der Waals surface area contributed by atoms with Gasteiger partial charge in [-0.25, -0.2) is 0 Å². The minimum absolute atomic E-state index is 0.0259. The van der Waals surface area contributed by atoms with Crippen LogP contribution in [0.25, 0.3) is 0 Å². The van der Waals surface area contributed by atoms with E-state index >= 15 is 0 Å². The number of para-hydroxylation sites is 1. The van der Waals surface area contributed by atoms with E-state index in [9.17, 15) is 4.79 Å². The van der Waals surface area contributed by atoms with Gasteiger partial charge >= 0.3 is 0 Å². The minimum Gasteiger partial charge on any atom is -0.493 e. The van der Waals surface area contributed by atoms with Crippen LogP contribution < -0.4 is 14.8 Å². The number of fused-ring (bicyclic) bond motifs is 1. The molecule has 0 spiro atoms. The van der Waals surface area contributed by atoms with Crippen LogP contribution in [0.5, 0.6) is 11.5 Å². The number of benzene rings is 2. The van der Waals surface area contributed by atoms with E-state index in [4.69, 9.17) is 9.47 Å². The molecule has 3 rings (SSSR count). The number of carbonyl (C=O) groups excluding carboxylic acids is 1. The summed E-state index contributed by atoms with van der Waals surface area (Å²) in [4.78, 5) is 13.7. The number of thioether (sulfide) groups is 1. The molecule has 0 aromatic heterocycles. The fourth-order valence-electron chi connectivity index (χ4n) is 2.84. The average Bonchev–Trinajstić information content (AvgIpc) is 2.65. The summed E-state index contributed by atoms with van der Waals surface area (Å²) in [5.41, 5.74) is 2.12. The number of nitrogens with one attached hydrogen (secondary N) is 1. The first-order valence-electron chi connectivity index (χ1n) is 7.90. The zero-order valence-corrected chi connectivity index (χ0v) is 14.7. The van der Waals surface area contributed by atoms with Crippen LogP contribution in [0, 0.1) is 5.92 Å². The second kappa shape index (κ2) is 7.62. The lowest BCUT2D eigenvalue weighted by Gasteiger charge is -2.25. The number of carbonyl (C=O) groups is 1. The van der Waals surface area contributed by atoms with Crippen molar-refractivity contribution in [3.8, 4) is 11.5 Å². The van der Waals surface area contributed by atoms with Gasteiger partial charge in [0.1, 0.15) is 6.61 Å². The van der Waals surface area contributed by atoms with Crippen molar-refractivity contribution in [1.82, 2.24) is 5.32 Å². The Balaban J connectivity index is 1.62. The molecule has 0 bridgehead atoms. The molecule has 2 aromatic carbocycles. The third kappa shape index (κ3) is 3.67. The van der Waals surface area contributed by atoms with Gasteiger partial charge in [-0.3, -0.25) is 4.79 Å². The van der Waals surface area contributed by atoms with Crippen molar-refractivity contribution in [1.29, 1.82) is 0 Å². The second-order valence-corrected chi connectivity index (χ2v) is 6.61. The molecule has 0 fully saturated rings. The molecule has 0 aliphatic carbocycles. The summed E-state index contributed by atoms with van der Waals surface area (Å²) >= 11 is 1.70. The zero-order valence-electron chi connectivity index (χ0n) is 13.9. The summed E-state index contributed by atoms with van der Waals surface area (Å²) in [5.74, 6) is 1.34. The molecule has 0 saturated heterocycles. The Morgan fingerprint density at radius 1 is 1.33 bits per heavy atom. The smallest absolute Gasteiger partial charge is 0.227 e. The van der Waals surface area contributed by atoms with Crippen molar-refractivity contribution in [2.75, 3.05) is 20.0 Å². The zero-order chi connectivity index (χ0) is 16.9. The van der Waals surface area contributed by atoms with E-state index in [-0.39, 0.29) is 11.8 Å². The molecule has 1 N–H and O–H groups in total. The maximum Gasteiger partial charge on any atom is 0.227 e. The fraction of sp³-hybridized carbons (Fsp3) is 0.316. The van der Waals surface area contributed by atoms with Gasteiger partial charge in [0.15, 0.2) is 11.5 Å². The van der Waals surface area contributed by atoms with E-state index < -0.39 is 0 Å². The molecule has 0 radical (unpaired) electrons. The molecule has 126 valence electrons. The Bertz CT molecular complexity index is 732. The molecule has 1 aliphatic heterocycles. The van der Waals surface area contributed by atoms with E-state index in [0.29, 0.717) is 19.6 Å². The lowest BCUT2D eigenvalue weighted by molar-refractivity contribution is -0.126. The highest BCUT2D eigenvalue weighted by molar-refractivity contribution is 7.98. The summed E-state index contributed by atoms with van der Waals surface area (Å²) in [6.07, 6.45) is 2.71. The summed E-state index contributed by atoms with van der Waals surface area (Å²) in [6, 6.07) is 14.0. The Morgan fingerprint density at radius 2 is 2.17 bits per heavy atom. The van der Waals surface area contributed by atoms with E-state index in [0.717, 1.165) is 22.6 Å². The standard InChI is InChI=1S/C19H21NO3S/c1-22-17-8-4-6-14-10-15(12-23-18(14)17)19(21)20-11-13-5-3-7-16(9-13)24-2/h3-9,15H,10-12H2,1-2H3,(H,20,21). The quantitative estimate of drug-likeness (QED) is 0.847. The normalized spacial score (nSPS) is 16.0. The highest BCUT2D eigenvalue weighted by Crippen LogP contribution is 2.36. The second-order valence-electron chi connectivity index (χ2n) is 5.73. The molecule has 1 atom stereocenters. The van der Waals surface area contributed by atoms with E-state index in [1.54, 1.807) is 18.9 Å². The molecular weight excluding hydrogens is 322 g/mol. The summed E-state index contributed by atoms with van der Waals surface area (Å²) < 4.78 is 11.1. The third-order valence-corrected chi connectivity index (χ3v) is 4.87.